The molecule has 3 nitrogen and oxygen atoms in total. The second-order valence-corrected chi connectivity index (χ2v) is 5.19. The first-order valence-electron chi connectivity index (χ1n) is 6.51. The molecule has 0 spiro atoms. The van der Waals surface area contributed by atoms with Crippen LogP contribution in [0.2, 0.25) is 0 Å². The molecule has 2 rings (SSSR count). The van der Waals surface area contributed by atoms with E-state index in [2.05, 4.69) is 22.5 Å². The average molecular weight is 211 g/mol. The molecular formula is C12H25N3. The molecule has 0 radical (unpaired) electrons. The van der Waals surface area contributed by atoms with E-state index < -0.39 is 0 Å². The van der Waals surface area contributed by atoms with E-state index in [4.69, 9.17) is 0 Å². The molecule has 1 saturated carbocycles. The number of hydrogen-bond donors (Lipinski definition) is 2. The standard InChI is InChI=1S/C12H25N3/c1-11(9-14-12-3-2-4-12)10-15-7-5-13-6-8-15/h11-14H,2-10H2,1H3. The third-order valence-corrected chi connectivity index (χ3v) is 3.64. The van der Waals surface area contributed by atoms with E-state index in [0.717, 1.165) is 12.0 Å². The lowest BCUT2D eigenvalue weighted by Gasteiger charge is -2.32. The number of nitrogens with zero attached hydrogens (tertiary/aromatic N) is 1. The largest absolute Gasteiger partial charge is 0.314 e. The summed E-state index contributed by atoms with van der Waals surface area (Å²) in [5.41, 5.74) is 0. The highest BCUT2D eigenvalue weighted by Crippen LogP contribution is 2.18. The van der Waals surface area contributed by atoms with Gasteiger partial charge < -0.3 is 15.5 Å². The van der Waals surface area contributed by atoms with Crippen molar-refractivity contribution in [2.24, 2.45) is 5.92 Å². The fourth-order valence-electron chi connectivity index (χ4n) is 2.38. The van der Waals surface area contributed by atoms with Gasteiger partial charge in [0.15, 0.2) is 0 Å². The molecule has 3 heteroatoms. The molecule has 2 fully saturated rings. The zero-order valence-corrected chi connectivity index (χ0v) is 9.97. The maximum atomic E-state index is 3.67. The molecule has 0 amide bonds. The zero-order valence-electron chi connectivity index (χ0n) is 9.97. The zero-order chi connectivity index (χ0) is 10.5. The second-order valence-electron chi connectivity index (χ2n) is 5.19. The molecule has 0 aromatic rings. The molecule has 1 heterocycles. The Morgan fingerprint density at radius 1 is 1.33 bits per heavy atom. The van der Waals surface area contributed by atoms with Gasteiger partial charge in [-0.15, -0.1) is 0 Å². The lowest BCUT2D eigenvalue weighted by atomic mass is 9.93. The minimum Gasteiger partial charge on any atom is -0.314 e. The quantitative estimate of drug-likeness (QED) is 0.700. The number of rotatable bonds is 5. The van der Waals surface area contributed by atoms with Crippen molar-refractivity contribution in [1.82, 2.24) is 15.5 Å². The van der Waals surface area contributed by atoms with Crippen molar-refractivity contribution in [3.05, 3.63) is 0 Å². The predicted octanol–water partition coefficient (Wildman–Crippen LogP) is 0.670. The lowest BCUT2D eigenvalue weighted by Crippen LogP contribution is -2.47. The monoisotopic (exact) mass is 211 g/mol. The summed E-state index contributed by atoms with van der Waals surface area (Å²) in [7, 11) is 0. The Morgan fingerprint density at radius 2 is 2.07 bits per heavy atom. The van der Waals surface area contributed by atoms with E-state index in [1.54, 1.807) is 0 Å². The SMILES string of the molecule is CC(CNC1CCC1)CN1CCNCC1. The van der Waals surface area contributed by atoms with Crippen molar-refractivity contribution < 1.29 is 0 Å². The van der Waals surface area contributed by atoms with Crippen LogP contribution in [-0.4, -0.2) is 50.2 Å². The molecule has 2 aliphatic rings. The highest BCUT2D eigenvalue weighted by Gasteiger charge is 2.18. The molecule has 0 bridgehead atoms. The third-order valence-electron chi connectivity index (χ3n) is 3.64. The topological polar surface area (TPSA) is 27.3 Å². The van der Waals surface area contributed by atoms with Crippen LogP contribution in [-0.2, 0) is 0 Å². The Bertz CT molecular complexity index is 174. The van der Waals surface area contributed by atoms with Gasteiger partial charge in [-0.1, -0.05) is 13.3 Å². The summed E-state index contributed by atoms with van der Waals surface area (Å²) < 4.78 is 0. The van der Waals surface area contributed by atoms with Crippen LogP contribution in [0.1, 0.15) is 26.2 Å². The highest BCUT2D eigenvalue weighted by atomic mass is 15.2. The van der Waals surface area contributed by atoms with Gasteiger partial charge in [-0.05, 0) is 25.3 Å². The van der Waals surface area contributed by atoms with Crippen molar-refractivity contribution in [1.29, 1.82) is 0 Å². The van der Waals surface area contributed by atoms with Gasteiger partial charge in [-0.2, -0.15) is 0 Å². The molecule has 1 unspecified atom stereocenters. The molecule has 2 N–H and O–H groups in total. The Balaban J connectivity index is 1.56. The summed E-state index contributed by atoms with van der Waals surface area (Å²) in [6.07, 6.45) is 4.24. The van der Waals surface area contributed by atoms with Crippen LogP contribution < -0.4 is 10.6 Å². The van der Waals surface area contributed by atoms with Gasteiger partial charge in [0.05, 0.1) is 0 Å². The fraction of sp³-hybridized carbons (Fsp3) is 1.00. The van der Waals surface area contributed by atoms with Gasteiger partial charge in [-0.25, -0.2) is 0 Å². The van der Waals surface area contributed by atoms with Crippen molar-refractivity contribution in [2.75, 3.05) is 39.3 Å². The second kappa shape index (κ2) is 5.83. The number of hydrogen-bond acceptors (Lipinski definition) is 3. The minimum absolute atomic E-state index is 0.795. The molecule has 1 atom stereocenters. The van der Waals surface area contributed by atoms with Crippen LogP contribution in [0.25, 0.3) is 0 Å². The maximum Gasteiger partial charge on any atom is 0.0107 e. The molecule has 15 heavy (non-hydrogen) atoms. The highest BCUT2D eigenvalue weighted by molar-refractivity contribution is 4.78. The fourth-order valence-corrected chi connectivity index (χ4v) is 2.38. The molecule has 0 aromatic heterocycles. The van der Waals surface area contributed by atoms with E-state index in [9.17, 15) is 0 Å². The number of piperazine rings is 1. The van der Waals surface area contributed by atoms with E-state index in [-0.39, 0.29) is 0 Å². The van der Waals surface area contributed by atoms with Gasteiger partial charge in [0, 0.05) is 38.8 Å². The van der Waals surface area contributed by atoms with Gasteiger partial charge in [0.25, 0.3) is 0 Å². The molecular weight excluding hydrogens is 186 g/mol. The normalized spacial score (nSPS) is 26.2. The van der Waals surface area contributed by atoms with Crippen LogP contribution in [0.5, 0.6) is 0 Å². The average Bonchev–Trinajstić information content (AvgIpc) is 2.17. The van der Waals surface area contributed by atoms with Crippen molar-refractivity contribution in [3.8, 4) is 0 Å². The van der Waals surface area contributed by atoms with Gasteiger partial charge in [0.1, 0.15) is 0 Å². The Kier molecular flexibility index (Phi) is 4.42. The molecule has 1 saturated heterocycles. The van der Waals surface area contributed by atoms with Crippen molar-refractivity contribution in [3.63, 3.8) is 0 Å². The smallest absolute Gasteiger partial charge is 0.0107 e. The summed E-state index contributed by atoms with van der Waals surface area (Å²) >= 11 is 0. The maximum absolute atomic E-state index is 3.67. The predicted molar refractivity (Wildman–Crippen MR) is 64.1 cm³/mol. The molecule has 1 aliphatic carbocycles. The van der Waals surface area contributed by atoms with Gasteiger partial charge in [0.2, 0.25) is 0 Å². The Morgan fingerprint density at radius 3 is 2.67 bits per heavy atom. The van der Waals surface area contributed by atoms with E-state index >= 15 is 0 Å². The summed E-state index contributed by atoms with van der Waals surface area (Å²) in [6, 6.07) is 0.843. The molecule has 1 aliphatic heterocycles. The summed E-state index contributed by atoms with van der Waals surface area (Å²) in [5.74, 6) is 0.795. The third kappa shape index (κ3) is 3.74. The van der Waals surface area contributed by atoms with Gasteiger partial charge in [-0.3, -0.25) is 0 Å². The van der Waals surface area contributed by atoms with Crippen molar-refractivity contribution in [2.45, 2.75) is 32.2 Å². The van der Waals surface area contributed by atoms with Crippen LogP contribution in [0, 0.1) is 5.92 Å². The van der Waals surface area contributed by atoms with Crippen LogP contribution in [0.4, 0.5) is 0 Å². The first-order chi connectivity index (χ1) is 7.34. The first-order valence-corrected chi connectivity index (χ1v) is 6.51. The van der Waals surface area contributed by atoms with E-state index in [0.29, 0.717) is 0 Å². The Hall–Kier alpha value is -0.120. The van der Waals surface area contributed by atoms with E-state index in [1.165, 1.54) is 58.5 Å². The van der Waals surface area contributed by atoms with Crippen LogP contribution in [0.15, 0.2) is 0 Å². The summed E-state index contributed by atoms with van der Waals surface area (Å²) in [4.78, 5) is 2.59. The van der Waals surface area contributed by atoms with Crippen LogP contribution in [0.3, 0.4) is 0 Å². The summed E-state index contributed by atoms with van der Waals surface area (Å²) in [5, 5.41) is 7.07. The summed E-state index contributed by atoms with van der Waals surface area (Å²) in [6.45, 7) is 9.64. The van der Waals surface area contributed by atoms with Crippen LogP contribution >= 0.6 is 0 Å². The molecule has 88 valence electrons. The number of nitrogens with one attached hydrogen (secondary N) is 2. The first kappa shape index (κ1) is 11.4. The minimum atomic E-state index is 0.795. The Labute approximate surface area is 93.6 Å². The lowest BCUT2D eigenvalue weighted by molar-refractivity contribution is 0.203. The molecule has 0 aromatic carbocycles. The van der Waals surface area contributed by atoms with Gasteiger partial charge >= 0.3 is 0 Å². The van der Waals surface area contributed by atoms with E-state index in [1.807, 2.05) is 0 Å². The van der Waals surface area contributed by atoms with Crippen molar-refractivity contribution >= 4 is 0 Å².